The molecule has 0 aliphatic carbocycles. The summed E-state index contributed by atoms with van der Waals surface area (Å²) >= 11 is 0. The molecule has 1 aromatic rings. The fourth-order valence-corrected chi connectivity index (χ4v) is 0.714. The molecule has 0 aliphatic rings. The van der Waals surface area contributed by atoms with Gasteiger partial charge in [-0.05, 0) is 25.8 Å². The number of hydrogen-bond acceptors (Lipinski definition) is 0. The molecule has 0 bridgehead atoms. The maximum atomic E-state index is 2.18. The lowest BCUT2D eigenvalue weighted by Gasteiger charge is -1.89. The summed E-state index contributed by atoms with van der Waals surface area (Å²) in [4.78, 5) is 0. The molecule has 0 radical (unpaired) electrons. The molecule has 0 nitrogen and oxygen atoms in total. The molecule has 100 valence electrons. The summed E-state index contributed by atoms with van der Waals surface area (Å²) in [5.41, 5.74) is 1.41. The SMILES string of the molecule is C.C/C=C/C.CCCC.CCc1ccccc1. The Kier molecular flexibility index (Phi) is 25.5. The summed E-state index contributed by atoms with van der Waals surface area (Å²) < 4.78 is 0. The minimum absolute atomic E-state index is 0. The predicted octanol–water partition coefficient (Wildman–Crippen LogP) is 6.27. The molecule has 0 heteroatoms. The van der Waals surface area contributed by atoms with E-state index in [0.717, 1.165) is 6.42 Å². The zero-order valence-electron chi connectivity index (χ0n) is 11.7. The van der Waals surface area contributed by atoms with Crippen LogP contribution in [0.4, 0.5) is 0 Å². The second-order valence-corrected chi connectivity index (χ2v) is 3.51. The van der Waals surface area contributed by atoms with Crippen molar-refractivity contribution in [2.75, 3.05) is 0 Å². The molecule has 0 saturated heterocycles. The minimum Gasteiger partial charge on any atom is -0.0919 e. The van der Waals surface area contributed by atoms with Gasteiger partial charge in [0.1, 0.15) is 0 Å². The summed E-state index contributed by atoms with van der Waals surface area (Å²) in [7, 11) is 0. The van der Waals surface area contributed by atoms with Gasteiger partial charge in [-0.3, -0.25) is 0 Å². The summed E-state index contributed by atoms with van der Waals surface area (Å²) in [6, 6.07) is 10.5. The lowest BCUT2D eigenvalue weighted by Crippen LogP contribution is -1.73. The van der Waals surface area contributed by atoms with Gasteiger partial charge >= 0.3 is 0 Å². The second-order valence-electron chi connectivity index (χ2n) is 3.51. The van der Waals surface area contributed by atoms with Crippen molar-refractivity contribution in [1.29, 1.82) is 0 Å². The summed E-state index contributed by atoms with van der Waals surface area (Å²) in [5, 5.41) is 0. The lowest BCUT2D eigenvalue weighted by molar-refractivity contribution is 0.886. The van der Waals surface area contributed by atoms with Crippen molar-refractivity contribution in [3.05, 3.63) is 48.0 Å². The number of benzene rings is 1. The third-order valence-electron chi connectivity index (χ3n) is 2.08. The van der Waals surface area contributed by atoms with E-state index in [1.807, 2.05) is 32.1 Å². The zero-order chi connectivity index (χ0) is 12.6. The molecule has 1 aromatic carbocycles. The molecule has 0 spiro atoms. The Balaban J connectivity index is -0.000000189. The molecule has 0 atom stereocenters. The molecule has 0 heterocycles. The highest BCUT2D eigenvalue weighted by Crippen LogP contribution is 1.96. The Morgan fingerprint density at radius 2 is 1.24 bits per heavy atom. The summed E-state index contributed by atoms with van der Waals surface area (Å²) in [5.74, 6) is 0. The van der Waals surface area contributed by atoms with Gasteiger partial charge in [0.2, 0.25) is 0 Å². The molecular formula is C17H32. The molecule has 17 heavy (non-hydrogen) atoms. The molecule has 0 aliphatic heterocycles. The molecule has 0 unspecified atom stereocenters. The van der Waals surface area contributed by atoms with Crippen LogP contribution in [0, 0.1) is 0 Å². The van der Waals surface area contributed by atoms with Gasteiger partial charge in [0.05, 0.1) is 0 Å². The second kappa shape index (κ2) is 20.4. The number of aryl methyl sites for hydroxylation is 1. The fraction of sp³-hybridized carbons (Fsp3) is 0.529. The summed E-state index contributed by atoms with van der Waals surface area (Å²) in [6.07, 6.45) is 7.78. The van der Waals surface area contributed by atoms with E-state index >= 15 is 0 Å². The van der Waals surface area contributed by atoms with E-state index in [0.29, 0.717) is 0 Å². The van der Waals surface area contributed by atoms with Gasteiger partial charge in [-0.25, -0.2) is 0 Å². The lowest BCUT2D eigenvalue weighted by atomic mass is 10.2. The van der Waals surface area contributed by atoms with Crippen LogP contribution in [-0.2, 0) is 6.42 Å². The van der Waals surface area contributed by atoms with Gasteiger partial charge in [0.15, 0.2) is 0 Å². The molecule has 1 rings (SSSR count). The van der Waals surface area contributed by atoms with Crippen LogP contribution in [0.2, 0.25) is 0 Å². The normalized spacial score (nSPS) is 8.29. The predicted molar refractivity (Wildman–Crippen MR) is 83.6 cm³/mol. The Hall–Kier alpha value is -1.04. The largest absolute Gasteiger partial charge is 0.0919 e. The van der Waals surface area contributed by atoms with Crippen molar-refractivity contribution < 1.29 is 0 Å². The molecule has 0 amide bonds. The van der Waals surface area contributed by atoms with Crippen molar-refractivity contribution >= 4 is 0 Å². The monoisotopic (exact) mass is 236 g/mol. The first kappa shape index (κ1) is 21.3. The average molecular weight is 236 g/mol. The average Bonchev–Trinajstić information content (AvgIpc) is 2.40. The maximum absolute atomic E-state index is 2.18. The van der Waals surface area contributed by atoms with E-state index in [4.69, 9.17) is 0 Å². The third-order valence-corrected chi connectivity index (χ3v) is 2.08. The van der Waals surface area contributed by atoms with Gasteiger partial charge in [-0.1, -0.05) is 83.5 Å². The number of allylic oxidation sites excluding steroid dienone is 2. The quantitative estimate of drug-likeness (QED) is 0.530. The van der Waals surface area contributed by atoms with Gasteiger partial charge < -0.3 is 0 Å². The first-order valence-electron chi connectivity index (χ1n) is 6.37. The Morgan fingerprint density at radius 1 is 0.824 bits per heavy atom. The first-order valence-corrected chi connectivity index (χ1v) is 6.37. The molecular weight excluding hydrogens is 204 g/mol. The van der Waals surface area contributed by atoms with Crippen molar-refractivity contribution in [1.82, 2.24) is 0 Å². The van der Waals surface area contributed by atoms with Crippen molar-refractivity contribution in [2.45, 2.75) is 61.3 Å². The third kappa shape index (κ3) is 20.9. The van der Waals surface area contributed by atoms with Gasteiger partial charge in [-0.2, -0.15) is 0 Å². The maximum Gasteiger partial charge on any atom is -0.0307 e. The van der Waals surface area contributed by atoms with Gasteiger partial charge in [0.25, 0.3) is 0 Å². The van der Waals surface area contributed by atoms with Crippen LogP contribution in [0.25, 0.3) is 0 Å². The van der Waals surface area contributed by atoms with Crippen LogP contribution in [0.1, 0.15) is 60.5 Å². The molecule has 0 fully saturated rings. The van der Waals surface area contributed by atoms with Crippen molar-refractivity contribution in [3.8, 4) is 0 Å². The van der Waals surface area contributed by atoms with Crippen LogP contribution in [0.15, 0.2) is 42.5 Å². The standard InChI is InChI=1S/C8H10.C4H10.C4H8.CH4/c1-2-8-6-4-3-5-7-8;2*1-3-4-2;/h3-7H,2H2,1H3;3-4H2,1-2H3;3-4H,1-2H3;1H4/b;;4-3+;. The molecule has 0 N–H and O–H groups in total. The van der Waals surface area contributed by atoms with Crippen LogP contribution < -0.4 is 0 Å². The van der Waals surface area contributed by atoms with Crippen molar-refractivity contribution in [3.63, 3.8) is 0 Å². The number of rotatable bonds is 2. The Bertz CT molecular complexity index is 215. The highest BCUT2D eigenvalue weighted by Gasteiger charge is 1.79. The van der Waals surface area contributed by atoms with Crippen LogP contribution in [0.3, 0.4) is 0 Å². The van der Waals surface area contributed by atoms with Crippen LogP contribution in [0.5, 0.6) is 0 Å². The van der Waals surface area contributed by atoms with Gasteiger partial charge in [-0.15, -0.1) is 0 Å². The van der Waals surface area contributed by atoms with E-state index in [1.54, 1.807) is 0 Å². The highest BCUT2D eigenvalue weighted by molar-refractivity contribution is 5.13. The minimum atomic E-state index is 0. The smallest absolute Gasteiger partial charge is 0.0307 e. The Morgan fingerprint density at radius 3 is 1.41 bits per heavy atom. The number of hydrogen-bond donors (Lipinski definition) is 0. The Labute approximate surface area is 110 Å². The zero-order valence-corrected chi connectivity index (χ0v) is 11.7. The van der Waals surface area contributed by atoms with E-state index in [-0.39, 0.29) is 7.43 Å². The number of unbranched alkanes of at least 4 members (excludes halogenated alkanes) is 1. The van der Waals surface area contributed by atoms with E-state index in [1.165, 1.54) is 18.4 Å². The highest BCUT2D eigenvalue weighted by atomic mass is 13.9. The molecule has 0 aromatic heterocycles. The van der Waals surface area contributed by atoms with E-state index < -0.39 is 0 Å². The molecule has 0 saturated carbocycles. The van der Waals surface area contributed by atoms with Gasteiger partial charge in [0, 0.05) is 0 Å². The topological polar surface area (TPSA) is 0 Å². The van der Waals surface area contributed by atoms with Crippen molar-refractivity contribution in [2.24, 2.45) is 0 Å². The van der Waals surface area contributed by atoms with Crippen LogP contribution in [-0.4, -0.2) is 0 Å². The first-order chi connectivity index (χ1) is 7.76. The van der Waals surface area contributed by atoms with Crippen LogP contribution >= 0.6 is 0 Å². The summed E-state index contributed by atoms with van der Waals surface area (Å²) in [6.45, 7) is 10.5. The van der Waals surface area contributed by atoms with E-state index in [9.17, 15) is 0 Å². The fourth-order valence-electron chi connectivity index (χ4n) is 0.714. The van der Waals surface area contributed by atoms with E-state index in [2.05, 4.69) is 45.0 Å².